The first-order valence-corrected chi connectivity index (χ1v) is 13.1. The normalized spacial score (nSPS) is 17.3. The minimum absolute atomic E-state index is 0.00135. The summed E-state index contributed by atoms with van der Waals surface area (Å²) < 4.78 is 121. The Hall–Kier alpha value is -4.24. The molecule has 238 valence electrons. The van der Waals surface area contributed by atoms with Gasteiger partial charge in [-0.15, -0.1) is 0 Å². The summed E-state index contributed by atoms with van der Waals surface area (Å²) in [6, 6.07) is 2.30. The summed E-state index contributed by atoms with van der Waals surface area (Å²) in [4.78, 5) is 23.0. The van der Waals surface area contributed by atoms with Crippen molar-refractivity contribution in [3.8, 4) is 0 Å². The molecule has 1 aliphatic rings. The number of hydrogen-bond acceptors (Lipinski definition) is 5. The molecule has 44 heavy (non-hydrogen) atoms. The summed E-state index contributed by atoms with van der Waals surface area (Å²) in [7, 11) is 3.12. The molecular weight excluding hydrogens is 609 g/mol. The zero-order valence-electron chi connectivity index (χ0n) is 23.4. The van der Waals surface area contributed by atoms with E-state index in [1.165, 1.54) is 11.1 Å². The first-order valence-electron chi connectivity index (χ1n) is 13.1. The van der Waals surface area contributed by atoms with Gasteiger partial charge in [-0.1, -0.05) is 6.92 Å². The molecule has 2 heterocycles. The number of fused-ring (bicyclic) bond motifs is 1. The van der Waals surface area contributed by atoms with E-state index < -0.39 is 59.8 Å². The van der Waals surface area contributed by atoms with Gasteiger partial charge in [0.1, 0.15) is 0 Å². The second-order valence-electron chi connectivity index (χ2n) is 10.4. The molecule has 0 bridgehead atoms. The Morgan fingerprint density at radius 1 is 0.955 bits per heavy atom. The molecule has 7 nitrogen and oxygen atoms in total. The van der Waals surface area contributed by atoms with Crippen molar-refractivity contribution in [3.63, 3.8) is 0 Å². The predicted octanol–water partition coefficient (Wildman–Crippen LogP) is 8.01. The van der Waals surface area contributed by atoms with Crippen molar-refractivity contribution >= 4 is 23.4 Å². The van der Waals surface area contributed by atoms with Gasteiger partial charge in [0, 0.05) is 26.6 Å². The van der Waals surface area contributed by atoms with Gasteiger partial charge in [0.15, 0.2) is 0 Å². The summed E-state index contributed by atoms with van der Waals surface area (Å²) in [6.45, 7) is 1.71. The second-order valence-corrected chi connectivity index (χ2v) is 10.4. The molecule has 0 spiro atoms. The lowest BCUT2D eigenvalue weighted by molar-refractivity contribution is -0.143. The van der Waals surface area contributed by atoms with Crippen LogP contribution in [0.5, 0.6) is 0 Å². The molecule has 0 aliphatic carbocycles. The van der Waals surface area contributed by atoms with Crippen molar-refractivity contribution in [3.05, 3.63) is 76.1 Å². The molecule has 3 aromatic rings. The monoisotopic (exact) mass is 635 g/mol. The van der Waals surface area contributed by atoms with Crippen LogP contribution in [0.4, 0.5) is 61.6 Å². The molecule has 4 rings (SSSR count). The van der Waals surface area contributed by atoms with Gasteiger partial charge in [0.2, 0.25) is 5.95 Å². The van der Waals surface area contributed by atoms with Gasteiger partial charge >= 0.3 is 24.6 Å². The highest BCUT2D eigenvalue weighted by atomic mass is 19.4. The molecule has 1 amide bonds. The van der Waals surface area contributed by atoms with E-state index in [1.54, 1.807) is 21.0 Å². The van der Waals surface area contributed by atoms with E-state index in [0.717, 1.165) is 23.1 Å². The maximum absolute atomic E-state index is 13.6. The van der Waals surface area contributed by atoms with Gasteiger partial charge in [-0.3, -0.25) is 4.90 Å². The quantitative estimate of drug-likeness (QED) is 0.267. The number of carboxylic acid groups (broad SMARTS) is 1. The van der Waals surface area contributed by atoms with Crippen molar-refractivity contribution in [1.82, 2.24) is 9.97 Å². The minimum atomic E-state index is -5.05. The zero-order chi connectivity index (χ0) is 32.8. The Kier molecular flexibility index (Phi) is 8.68. The first-order chi connectivity index (χ1) is 20.3. The van der Waals surface area contributed by atoms with Gasteiger partial charge in [0.25, 0.3) is 0 Å². The molecule has 0 saturated carbocycles. The number of rotatable bonds is 6. The molecule has 0 fully saturated rings. The number of carbonyl (C=O) groups is 1. The number of halogens is 9. The fourth-order valence-corrected chi connectivity index (χ4v) is 5.13. The lowest BCUT2D eigenvalue weighted by Gasteiger charge is -2.39. The molecule has 0 saturated heterocycles. The smallest absolute Gasteiger partial charge is 0.416 e. The number of anilines is 3. The fraction of sp³-hybridized carbons (Fsp3) is 0.393. The lowest BCUT2D eigenvalue weighted by atomic mass is 9.89. The van der Waals surface area contributed by atoms with Crippen molar-refractivity contribution in [1.29, 1.82) is 0 Å². The third-order valence-electron chi connectivity index (χ3n) is 7.19. The predicted molar refractivity (Wildman–Crippen MR) is 143 cm³/mol. The van der Waals surface area contributed by atoms with Crippen LogP contribution in [0.1, 0.15) is 59.3 Å². The van der Waals surface area contributed by atoms with E-state index in [-0.39, 0.29) is 46.6 Å². The van der Waals surface area contributed by atoms with Crippen LogP contribution in [0.2, 0.25) is 0 Å². The highest BCUT2D eigenvalue weighted by molar-refractivity contribution is 5.89. The van der Waals surface area contributed by atoms with Crippen LogP contribution in [-0.4, -0.2) is 41.3 Å². The van der Waals surface area contributed by atoms with E-state index in [1.807, 2.05) is 0 Å². The van der Waals surface area contributed by atoms with Crippen molar-refractivity contribution in [2.45, 2.75) is 56.8 Å². The van der Waals surface area contributed by atoms with E-state index in [0.29, 0.717) is 18.6 Å². The first kappa shape index (κ1) is 32.7. The van der Waals surface area contributed by atoms with E-state index >= 15 is 0 Å². The van der Waals surface area contributed by atoms with Crippen LogP contribution < -0.4 is 15.1 Å². The summed E-state index contributed by atoms with van der Waals surface area (Å²) in [5.41, 5.74) is -3.99. The molecule has 2 aromatic carbocycles. The van der Waals surface area contributed by atoms with Crippen LogP contribution in [0.15, 0.2) is 42.6 Å². The van der Waals surface area contributed by atoms with Crippen molar-refractivity contribution in [2.24, 2.45) is 0 Å². The van der Waals surface area contributed by atoms with Crippen LogP contribution in [-0.2, 0) is 24.9 Å². The SMILES string of the molecule is CC[C@@H]1C[C@H](Nc2ncc(N(C)C)c(Cc3cc(C(F)(F)F)cc(C(F)(F)F)c3)n2)c2cc(C(F)(F)F)ccc2N1C(=O)O. The number of hydrogen-bond donors (Lipinski definition) is 2. The molecule has 16 heteroatoms. The van der Waals surface area contributed by atoms with Crippen LogP contribution in [0, 0.1) is 0 Å². The number of amides is 1. The molecule has 0 radical (unpaired) electrons. The Morgan fingerprint density at radius 2 is 1.55 bits per heavy atom. The third kappa shape index (κ3) is 6.94. The average Bonchev–Trinajstić information content (AvgIpc) is 2.90. The van der Waals surface area contributed by atoms with Gasteiger partial charge in [-0.2, -0.15) is 39.5 Å². The van der Waals surface area contributed by atoms with Crippen LogP contribution >= 0.6 is 0 Å². The van der Waals surface area contributed by atoms with Crippen LogP contribution in [0.3, 0.4) is 0 Å². The second kappa shape index (κ2) is 11.7. The fourth-order valence-electron chi connectivity index (χ4n) is 5.13. The number of nitrogens with one attached hydrogen (secondary N) is 1. The highest BCUT2D eigenvalue weighted by Gasteiger charge is 2.39. The zero-order valence-corrected chi connectivity index (χ0v) is 23.4. The van der Waals surface area contributed by atoms with Gasteiger partial charge < -0.3 is 15.3 Å². The van der Waals surface area contributed by atoms with E-state index in [2.05, 4.69) is 15.3 Å². The molecule has 0 unspecified atom stereocenters. The standard InChI is InChI=1S/C28H26F9N5O2/c1-4-18-12-20(19-11-15(26(29,30)31)5-6-22(19)42(18)25(43)44)39-24-38-13-23(41(2)3)21(40-24)9-14-7-16(27(32,33)34)10-17(8-14)28(35,36)37/h5-8,10-11,13,18,20H,4,9,12H2,1-3H3,(H,43,44)(H,38,39,40)/t18-,20+/m1/s1. The number of alkyl halides is 9. The summed E-state index contributed by atoms with van der Waals surface area (Å²) >= 11 is 0. The van der Waals surface area contributed by atoms with E-state index in [4.69, 9.17) is 0 Å². The largest absolute Gasteiger partial charge is 0.465 e. The van der Waals surface area contributed by atoms with Gasteiger partial charge in [0.05, 0.1) is 46.0 Å². The number of nitrogens with zero attached hydrogens (tertiary/aromatic N) is 4. The Balaban J connectivity index is 1.78. The maximum Gasteiger partial charge on any atom is 0.416 e. The van der Waals surface area contributed by atoms with Crippen LogP contribution in [0.25, 0.3) is 0 Å². The molecule has 2 N–H and O–H groups in total. The van der Waals surface area contributed by atoms with Gasteiger partial charge in [-0.25, -0.2) is 14.8 Å². The molecule has 1 aromatic heterocycles. The number of aromatic nitrogens is 2. The molecule has 1 aliphatic heterocycles. The summed E-state index contributed by atoms with van der Waals surface area (Å²) in [5, 5.41) is 12.7. The Bertz CT molecular complexity index is 1510. The van der Waals surface area contributed by atoms with Crippen molar-refractivity contribution in [2.75, 3.05) is 29.2 Å². The maximum atomic E-state index is 13.6. The lowest BCUT2D eigenvalue weighted by Crippen LogP contribution is -2.45. The number of benzene rings is 2. The topological polar surface area (TPSA) is 81.6 Å². The summed E-state index contributed by atoms with van der Waals surface area (Å²) in [6.07, 6.45) is -15.1. The van der Waals surface area contributed by atoms with Crippen molar-refractivity contribution < 1.29 is 49.4 Å². The molecular formula is C28H26F9N5O2. The third-order valence-corrected chi connectivity index (χ3v) is 7.19. The highest BCUT2D eigenvalue weighted by Crippen LogP contribution is 2.43. The minimum Gasteiger partial charge on any atom is -0.465 e. The molecule has 2 atom stereocenters. The Labute approximate surface area is 245 Å². The van der Waals surface area contributed by atoms with E-state index in [9.17, 15) is 49.4 Å². The van der Waals surface area contributed by atoms with Gasteiger partial charge in [-0.05, 0) is 60.4 Å². The average molecular weight is 636 g/mol. The Morgan fingerprint density at radius 3 is 2.05 bits per heavy atom. The summed E-state index contributed by atoms with van der Waals surface area (Å²) in [5.74, 6) is -0.166.